The Labute approximate surface area is 81.7 Å². The van der Waals surface area contributed by atoms with E-state index in [4.69, 9.17) is 5.73 Å². The van der Waals surface area contributed by atoms with E-state index in [9.17, 15) is 9.00 Å². The minimum Gasteiger partial charge on any atom is -0.352 e. The van der Waals surface area contributed by atoms with Crippen molar-refractivity contribution in [3.05, 3.63) is 0 Å². The first-order chi connectivity index (χ1) is 5.93. The second-order valence-electron chi connectivity index (χ2n) is 3.26. The number of nitrogens with two attached hydrogens (primary N) is 1. The van der Waals surface area contributed by atoms with Gasteiger partial charge in [0.15, 0.2) is 0 Å². The molecule has 0 saturated carbocycles. The molecule has 0 bridgehead atoms. The van der Waals surface area contributed by atoms with Crippen LogP contribution in [-0.2, 0) is 15.6 Å². The van der Waals surface area contributed by atoms with Crippen LogP contribution in [0, 0.1) is 0 Å². The van der Waals surface area contributed by atoms with Gasteiger partial charge in [-0.05, 0) is 20.3 Å². The summed E-state index contributed by atoms with van der Waals surface area (Å²) in [5.74, 6) is 0.454. The van der Waals surface area contributed by atoms with Crippen molar-refractivity contribution >= 4 is 16.7 Å². The van der Waals surface area contributed by atoms with Gasteiger partial charge in [-0.25, -0.2) is 0 Å². The van der Waals surface area contributed by atoms with E-state index < -0.39 is 16.8 Å². The van der Waals surface area contributed by atoms with E-state index in [1.54, 1.807) is 13.2 Å². The lowest BCUT2D eigenvalue weighted by molar-refractivity contribution is -0.122. The maximum absolute atomic E-state index is 11.1. The smallest absolute Gasteiger partial charge is 0.236 e. The van der Waals surface area contributed by atoms with Gasteiger partial charge in [0.25, 0.3) is 0 Å². The molecule has 0 aromatic rings. The highest BCUT2D eigenvalue weighted by Gasteiger charge is 2.10. The molecule has 2 unspecified atom stereocenters. The average Bonchev–Trinajstić information content (AvgIpc) is 2.00. The fourth-order valence-electron chi connectivity index (χ4n) is 0.789. The van der Waals surface area contributed by atoms with E-state index in [1.165, 1.54) is 0 Å². The lowest BCUT2D eigenvalue weighted by Crippen LogP contribution is -2.43. The summed E-state index contributed by atoms with van der Waals surface area (Å²) in [5.41, 5.74) is 5.37. The van der Waals surface area contributed by atoms with E-state index in [0.29, 0.717) is 5.75 Å². The van der Waals surface area contributed by atoms with E-state index in [-0.39, 0.29) is 11.9 Å². The molecule has 5 heteroatoms. The third kappa shape index (κ3) is 6.72. The number of hydrogen-bond donors (Lipinski definition) is 2. The summed E-state index contributed by atoms with van der Waals surface area (Å²) in [7, 11) is -0.794. The zero-order chi connectivity index (χ0) is 10.4. The Balaban J connectivity index is 3.68. The molecule has 3 atom stereocenters. The molecule has 78 valence electrons. The van der Waals surface area contributed by atoms with Gasteiger partial charge < -0.3 is 11.1 Å². The SMILES string of the molecule is CC(CCS(C)=O)NC(=O)[C@@H](C)N. The molecule has 0 rings (SSSR count). The van der Waals surface area contributed by atoms with Gasteiger partial charge in [-0.15, -0.1) is 0 Å². The first-order valence-electron chi connectivity index (χ1n) is 4.29. The third-order valence-corrected chi connectivity index (χ3v) is 2.45. The lowest BCUT2D eigenvalue weighted by Gasteiger charge is -2.14. The van der Waals surface area contributed by atoms with Crippen LogP contribution in [0.15, 0.2) is 0 Å². The van der Waals surface area contributed by atoms with E-state index in [0.717, 1.165) is 6.42 Å². The van der Waals surface area contributed by atoms with Gasteiger partial charge in [0, 0.05) is 28.9 Å². The van der Waals surface area contributed by atoms with Gasteiger partial charge in [0.1, 0.15) is 0 Å². The van der Waals surface area contributed by atoms with Crippen molar-refractivity contribution in [2.75, 3.05) is 12.0 Å². The molecule has 1 amide bonds. The summed E-state index contributed by atoms with van der Waals surface area (Å²) in [6.07, 6.45) is 2.38. The summed E-state index contributed by atoms with van der Waals surface area (Å²) in [5, 5.41) is 2.74. The van der Waals surface area contributed by atoms with Crippen LogP contribution >= 0.6 is 0 Å². The maximum atomic E-state index is 11.1. The minimum atomic E-state index is -0.794. The number of carbonyl (C=O) groups is 1. The molecular weight excluding hydrogens is 188 g/mol. The molecule has 0 aliphatic carbocycles. The van der Waals surface area contributed by atoms with Crippen molar-refractivity contribution < 1.29 is 9.00 Å². The van der Waals surface area contributed by atoms with Gasteiger partial charge in [-0.2, -0.15) is 0 Å². The number of amides is 1. The topological polar surface area (TPSA) is 72.2 Å². The third-order valence-electron chi connectivity index (χ3n) is 1.64. The normalized spacial score (nSPS) is 17.5. The molecule has 4 nitrogen and oxygen atoms in total. The molecule has 0 fully saturated rings. The van der Waals surface area contributed by atoms with Crippen molar-refractivity contribution in [2.45, 2.75) is 32.4 Å². The molecule has 0 heterocycles. The first kappa shape index (κ1) is 12.6. The van der Waals surface area contributed by atoms with Crippen LogP contribution in [0.3, 0.4) is 0 Å². The van der Waals surface area contributed by atoms with Crippen LogP contribution in [0.4, 0.5) is 0 Å². The van der Waals surface area contributed by atoms with Crippen LogP contribution in [0.2, 0.25) is 0 Å². The number of carbonyl (C=O) groups excluding carboxylic acids is 1. The maximum Gasteiger partial charge on any atom is 0.236 e. The largest absolute Gasteiger partial charge is 0.352 e. The Hall–Kier alpha value is -0.420. The first-order valence-corrected chi connectivity index (χ1v) is 6.02. The summed E-state index contributed by atoms with van der Waals surface area (Å²) in [6, 6.07) is -0.433. The van der Waals surface area contributed by atoms with Crippen molar-refractivity contribution in [3.63, 3.8) is 0 Å². The molecule has 0 aliphatic heterocycles. The molecule has 0 aromatic heterocycles. The Morgan fingerprint density at radius 1 is 1.54 bits per heavy atom. The second-order valence-corrected chi connectivity index (χ2v) is 4.82. The van der Waals surface area contributed by atoms with Crippen molar-refractivity contribution in [3.8, 4) is 0 Å². The molecule has 0 aromatic carbocycles. The Kier molecular flexibility index (Phi) is 5.90. The highest BCUT2D eigenvalue weighted by molar-refractivity contribution is 7.84. The van der Waals surface area contributed by atoms with Crippen LogP contribution in [0.1, 0.15) is 20.3 Å². The van der Waals surface area contributed by atoms with E-state index in [2.05, 4.69) is 5.32 Å². The Bertz CT molecular complexity index is 195. The van der Waals surface area contributed by atoms with Gasteiger partial charge in [0.05, 0.1) is 6.04 Å². The monoisotopic (exact) mass is 206 g/mol. The Morgan fingerprint density at radius 3 is 2.46 bits per heavy atom. The van der Waals surface area contributed by atoms with Crippen LogP contribution in [0.5, 0.6) is 0 Å². The number of hydrogen-bond acceptors (Lipinski definition) is 3. The fraction of sp³-hybridized carbons (Fsp3) is 0.875. The van der Waals surface area contributed by atoms with E-state index >= 15 is 0 Å². The molecule has 0 radical (unpaired) electrons. The van der Waals surface area contributed by atoms with Gasteiger partial charge >= 0.3 is 0 Å². The molecule has 3 N–H and O–H groups in total. The number of nitrogens with one attached hydrogen (secondary N) is 1. The summed E-state index contributed by atoms with van der Waals surface area (Å²) < 4.78 is 10.7. The zero-order valence-electron chi connectivity index (χ0n) is 8.37. The molecule has 0 aliphatic rings. The highest BCUT2D eigenvalue weighted by atomic mass is 32.2. The number of rotatable bonds is 5. The van der Waals surface area contributed by atoms with Crippen LogP contribution in [0.25, 0.3) is 0 Å². The molecular formula is C8H18N2O2S. The summed E-state index contributed by atoms with van der Waals surface area (Å²) in [4.78, 5) is 11.1. The zero-order valence-corrected chi connectivity index (χ0v) is 9.19. The highest BCUT2D eigenvalue weighted by Crippen LogP contribution is 1.93. The van der Waals surface area contributed by atoms with Gasteiger partial charge in [-0.1, -0.05) is 0 Å². The van der Waals surface area contributed by atoms with Crippen LogP contribution in [-0.4, -0.2) is 34.2 Å². The minimum absolute atomic E-state index is 0.0439. The van der Waals surface area contributed by atoms with E-state index in [1.807, 2.05) is 6.92 Å². The summed E-state index contributed by atoms with van der Waals surface area (Å²) >= 11 is 0. The lowest BCUT2D eigenvalue weighted by atomic mass is 10.2. The van der Waals surface area contributed by atoms with Crippen molar-refractivity contribution in [1.82, 2.24) is 5.32 Å². The predicted octanol–water partition coefficient (Wildman–Crippen LogP) is -0.393. The second kappa shape index (κ2) is 6.10. The van der Waals surface area contributed by atoms with Crippen molar-refractivity contribution in [2.24, 2.45) is 5.73 Å². The average molecular weight is 206 g/mol. The van der Waals surface area contributed by atoms with Crippen molar-refractivity contribution in [1.29, 1.82) is 0 Å². The quantitative estimate of drug-likeness (QED) is 0.643. The molecule has 0 spiro atoms. The van der Waals surface area contributed by atoms with Gasteiger partial charge in [-0.3, -0.25) is 9.00 Å². The predicted molar refractivity (Wildman–Crippen MR) is 54.8 cm³/mol. The molecule has 0 saturated heterocycles. The molecule has 13 heavy (non-hydrogen) atoms. The Morgan fingerprint density at radius 2 is 2.08 bits per heavy atom. The van der Waals surface area contributed by atoms with Crippen LogP contribution < -0.4 is 11.1 Å². The summed E-state index contributed by atoms with van der Waals surface area (Å²) in [6.45, 7) is 3.52. The standard InChI is InChI=1S/C8H18N2O2S/c1-6(4-5-13(3)12)10-8(11)7(2)9/h6-7H,4-5,9H2,1-3H3,(H,10,11)/t6?,7-,13?/m1/s1. The van der Waals surface area contributed by atoms with Gasteiger partial charge in [0.2, 0.25) is 5.91 Å². The fourth-order valence-corrected chi connectivity index (χ4v) is 1.47.